The first-order valence-electron chi connectivity index (χ1n) is 10.4. The van der Waals surface area contributed by atoms with Crippen molar-refractivity contribution in [3.63, 3.8) is 0 Å². The van der Waals surface area contributed by atoms with E-state index in [1.807, 2.05) is 24.3 Å². The Kier molecular flexibility index (Phi) is 7.30. The summed E-state index contributed by atoms with van der Waals surface area (Å²) in [7, 11) is 0. The van der Waals surface area contributed by atoms with Crippen LogP contribution in [0.25, 0.3) is 11.4 Å². The van der Waals surface area contributed by atoms with E-state index in [0.717, 1.165) is 31.5 Å². The molecule has 1 N–H and O–H groups in total. The number of nitrogens with one attached hydrogen (secondary N) is 1. The van der Waals surface area contributed by atoms with Gasteiger partial charge in [-0.1, -0.05) is 44.5 Å². The topological polar surface area (TPSA) is 71.3 Å². The zero-order valence-electron chi connectivity index (χ0n) is 17.7. The van der Waals surface area contributed by atoms with Crippen LogP contribution in [-0.4, -0.2) is 40.1 Å². The van der Waals surface area contributed by atoms with Crippen molar-refractivity contribution in [3.05, 3.63) is 35.2 Å². The predicted octanol–water partition coefficient (Wildman–Crippen LogP) is 4.40. The lowest BCUT2D eigenvalue weighted by molar-refractivity contribution is -0.127. The summed E-state index contributed by atoms with van der Waals surface area (Å²) in [6.07, 6.45) is 1.71. The molecule has 6 nitrogen and oxygen atoms in total. The number of carbonyl (C=O) groups excluding carboxylic acids is 1. The van der Waals surface area contributed by atoms with Gasteiger partial charge in [0.2, 0.25) is 17.6 Å². The molecule has 29 heavy (non-hydrogen) atoms. The van der Waals surface area contributed by atoms with Crippen LogP contribution in [0, 0.1) is 17.8 Å². The standard InChI is InChI=1S/C22H31ClN4O2/c1-14(2)20(15(3)4)25-22(28)17-9-11-27(12-10-17)13-19-24-21(26-29-19)16-5-7-18(23)8-6-16/h5-8,14-15,17,20H,9-13H2,1-4H3,(H,25,28). The molecule has 1 aliphatic heterocycles. The minimum atomic E-state index is 0.0820. The Balaban J connectivity index is 1.50. The van der Waals surface area contributed by atoms with Crippen LogP contribution in [-0.2, 0) is 11.3 Å². The third-order valence-electron chi connectivity index (χ3n) is 5.63. The predicted molar refractivity (Wildman–Crippen MR) is 114 cm³/mol. The number of piperidine rings is 1. The Morgan fingerprint density at radius 1 is 1.17 bits per heavy atom. The van der Waals surface area contributed by atoms with E-state index in [0.29, 0.717) is 35.1 Å². The molecule has 0 bridgehead atoms. The number of hydrogen-bond donors (Lipinski definition) is 1. The smallest absolute Gasteiger partial charge is 0.241 e. The first-order chi connectivity index (χ1) is 13.8. The Morgan fingerprint density at radius 2 is 1.79 bits per heavy atom. The summed E-state index contributed by atoms with van der Waals surface area (Å²) in [6.45, 7) is 11.0. The van der Waals surface area contributed by atoms with Crippen molar-refractivity contribution in [2.24, 2.45) is 17.8 Å². The second kappa shape index (κ2) is 9.72. The quantitative estimate of drug-likeness (QED) is 0.721. The monoisotopic (exact) mass is 418 g/mol. The van der Waals surface area contributed by atoms with Crippen LogP contribution in [0.15, 0.2) is 28.8 Å². The van der Waals surface area contributed by atoms with Crippen LogP contribution in [0.3, 0.4) is 0 Å². The van der Waals surface area contributed by atoms with Crippen molar-refractivity contribution >= 4 is 17.5 Å². The summed E-state index contributed by atoms with van der Waals surface area (Å²) in [5, 5.41) is 8.02. The van der Waals surface area contributed by atoms with Gasteiger partial charge in [-0.05, 0) is 62.0 Å². The highest BCUT2D eigenvalue weighted by Crippen LogP contribution is 2.22. The van der Waals surface area contributed by atoms with Gasteiger partial charge in [0.05, 0.1) is 6.54 Å². The Morgan fingerprint density at radius 3 is 2.38 bits per heavy atom. The molecule has 1 fully saturated rings. The van der Waals surface area contributed by atoms with Gasteiger partial charge < -0.3 is 9.84 Å². The van der Waals surface area contributed by atoms with Crippen molar-refractivity contribution in [1.29, 1.82) is 0 Å². The first-order valence-corrected chi connectivity index (χ1v) is 10.8. The van der Waals surface area contributed by atoms with Crippen molar-refractivity contribution in [2.45, 2.75) is 53.1 Å². The van der Waals surface area contributed by atoms with Gasteiger partial charge >= 0.3 is 0 Å². The van der Waals surface area contributed by atoms with Crippen molar-refractivity contribution in [3.8, 4) is 11.4 Å². The lowest BCUT2D eigenvalue weighted by Crippen LogP contribution is -2.47. The van der Waals surface area contributed by atoms with Crippen LogP contribution >= 0.6 is 11.6 Å². The third-order valence-corrected chi connectivity index (χ3v) is 5.89. The number of halogens is 1. The summed E-state index contributed by atoms with van der Waals surface area (Å²) < 4.78 is 5.42. The van der Waals surface area contributed by atoms with Crippen molar-refractivity contribution in [1.82, 2.24) is 20.4 Å². The van der Waals surface area contributed by atoms with Crippen LogP contribution in [0.4, 0.5) is 0 Å². The molecule has 1 amide bonds. The van der Waals surface area contributed by atoms with Crippen LogP contribution in [0.5, 0.6) is 0 Å². The Hall–Kier alpha value is -1.92. The maximum Gasteiger partial charge on any atom is 0.241 e. The van der Waals surface area contributed by atoms with Crippen molar-refractivity contribution < 1.29 is 9.32 Å². The minimum Gasteiger partial charge on any atom is -0.353 e. The second-order valence-corrected chi connectivity index (χ2v) is 9.03. The van der Waals surface area contributed by atoms with Crippen LogP contribution in [0.1, 0.15) is 46.4 Å². The molecular formula is C22H31ClN4O2. The minimum absolute atomic E-state index is 0.0820. The SMILES string of the molecule is CC(C)C(NC(=O)C1CCN(Cc2nc(-c3ccc(Cl)cc3)no2)CC1)C(C)C. The van der Waals surface area contributed by atoms with Gasteiger partial charge in [-0.3, -0.25) is 9.69 Å². The molecule has 1 aromatic carbocycles. The fraction of sp³-hybridized carbons (Fsp3) is 0.591. The van der Waals surface area contributed by atoms with E-state index in [1.165, 1.54) is 0 Å². The van der Waals surface area contributed by atoms with E-state index in [1.54, 1.807) is 0 Å². The van der Waals surface area contributed by atoms with E-state index in [4.69, 9.17) is 16.1 Å². The van der Waals surface area contributed by atoms with Gasteiger partial charge in [-0.2, -0.15) is 4.98 Å². The van der Waals surface area contributed by atoms with E-state index in [-0.39, 0.29) is 17.9 Å². The fourth-order valence-corrected chi connectivity index (χ4v) is 4.09. The number of amides is 1. The average Bonchev–Trinajstić information content (AvgIpc) is 3.15. The fourth-order valence-electron chi connectivity index (χ4n) is 3.97. The maximum absolute atomic E-state index is 12.7. The number of benzene rings is 1. The van der Waals surface area contributed by atoms with E-state index >= 15 is 0 Å². The molecule has 2 aromatic rings. The number of nitrogens with zero attached hydrogens (tertiary/aromatic N) is 3. The molecule has 0 radical (unpaired) electrons. The summed E-state index contributed by atoms with van der Waals surface area (Å²) in [5.74, 6) is 2.31. The number of rotatable bonds is 7. The molecule has 7 heteroatoms. The van der Waals surface area contributed by atoms with Gasteiger partial charge in [0.1, 0.15) is 0 Å². The number of aromatic nitrogens is 2. The first kappa shape index (κ1) is 21.8. The molecule has 1 aromatic heterocycles. The average molecular weight is 419 g/mol. The van der Waals surface area contributed by atoms with E-state index in [9.17, 15) is 4.79 Å². The summed E-state index contributed by atoms with van der Waals surface area (Å²) in [5.41, 5.74) is 0.879. The van der Waals surface area contributed by atoms with Gasteiger partial charge in [-0.15, -0.1) is 0 Å². The molecular weight excluding hydrogens is 388 g/mol. The number of carbonyl (C=O) groups is 1. The van der Waals surface area contributed by atoms with E-state index < -0.39 is 0 Å². The summed E-state index contributed by atoms with van der Waals surface area (Å²) in [6, 6.07) is 7.61. The highest BCUT2D eigenvalue weighted by Gasteiger charge is 2.28. The zero-order chi connectivity index (χ0) is 21.0. The molecule has 2 heterocycles. The molecule has 158 valence electrons. The zero-order valence-corrected chi connectivity index (χ0v) is 18.4. The third kappa shape index (κ3) is 5.80. The van der Waals surface area contributed by atoms with Crippen LogP contribution in [0.2, 0.25) is 5.02 Å². The number of likely N-dealkylation sites (tertiary alicyclic amines) is 1. The molecule has 0 spiro atoms. The van der Waals surface area contributed by atoms with Gasteiger partial charge in [0.25, 0.3) is 0 Å². The Labute approximate surface area is 178 Å². The van der Waals surface area contributed by atoms with Crippen molar-refractivity contribution in [2.75, 3.05) is 13.1 Å². The maximum atomic E-state index is 12.7. The lowest BCUT2D eigenvalue weighted by Gasteiger charge is -2.33. The molecule has 0 atom stereocenters. The lowest BCUT2D eigenvalue weighted by atomic mass is 9.90. The number of hydrogen-bond acceptors (Lipinski definition) is 5. The normalized spacial score (nSPS) is 16.1. The van der Waals surface area contributed by atoms with Gasteiger partial charge in [0, 0.05) is 22.5 Å². The largest absolute Gasteiger partial charge is 0.353 e. The van der Waals surface area contributed by atoms with E-state index in [2.05, 4.69) is 48.1 Å². The highest BCUT2D eigenvalue weighted by atomic mass is 35.5. The van der Waals surface area contributed by atoms with Gasteiger partial charge in [0.15, 0.2) is 0 Å². The Bertz CT molecular complexity index is 787. The molecule has 1 saturated heterocycles. The molecule has 3 rings (SSSR count). The summed E-state index contributed by atoms with van der Waals surface area (Å²) in [4.78, 5) is 19.5. The summed E-state index contributed by atoms with van der Waals surface area (Å²) >= 11 is 5.93. The molecule has 0 aliphatic carbocycles. The molecule has 0 saturated carbocycles. The molecule has 1 aliphatic rings. The van der Waals surface area contributed by atoms with Crippen LogP contribution < -0.4 is 5.32 Å². The highest BCUT2D eigenvalue weighted by molar-refractivity contribution is 6.30. The second-order valence-electron chi connectivity index (χ2n) is 8.59. The van der Waals surface area contributed by atoms with Gasteiger partial charge in [-0.25, -0.2) is 0 Å². The molecule has 0 unspecified atom stereocenters.